The van der Waals surface area contributed by atoms with Gasteiger partial charge >= 0.3 is 0 Å². The van der Waals surface area contributed by atoms with Gasteiger partial charge in [0.2, 0.25) is 11.7 Å². The molecule has 1 atom stereocenters. The zero-order valence-corrected chi connectivity index (χ0v) is 13.2. The van der Waals surface area contributed by atoms with Crippen molar-refractivity contribution in [1.29, 1.82) is 0 Å². The number of rotatable bonds is 3. The average molecular weight is 289 g/mol. The molecule has 0 bridgehead atoms. The van der Waals surface area contributed by atoms with E-state index < -0.39 is 0 Å². The zero-order valence-electron chi connectivity index (χ0n) is 13.2. The second-order valence-corrected chi connectivity index (χ2v) is 6.62. The largest absolute Gasteiger partial charge is 0.338 e. The van der Waals surface area contributed by atoms with Gasteiger partial charge in [-0.05, 0) is 38.4 Å². The topological polar surface area (TPSA) is 60.0 Å². The summed E-state index contributed by atoms with van der Waals surface area (Å²) in [6.07, 6.45) is 4.32. The molecule has 0 aliphatic carbocycles. The minimum Gasteiger partial charge on any atom is -0.338 e. The van der Waals surface area contributed by atoms with E-state index in [2.05, 4.69) is 41.0 Å². The van der Waals surface area contributed by atoms with Gasteiger partial charge in [-0.2, -0.15) is 10.1 Å². The number of likely N-dealkylation sites (tertiary alicyclic amines) is 1. The van der Waals surface area contributed by atoms with Crippen LogP contribution in [0.5, 0.6) is 0 Å². The summed E-state index contributed by atoms with van der Waals surface area (Å²) in [4.78, 5) is 6.97. The fourth-order valence-electron chi connectivity index (χ4n) is 3.05. The SMILES string of the molecule is CN1CCCC(C(C)(C)c2nc(-c3ccn(C)n3)no2)C1. The highest BCUT2D eigenvalue weighted by Gasteiger charge is 2.38. The fourth-order valence-corrected chi connectivity index (χ4v) is 3.05. The van der Waals surface area contributed by atoms with E-state index in [1.807, 2.05) is 19.3 Å². The molecule has 3 heterocycles. The fraction of sp³-hybridized carbons (Fsp3) is 0.667. The van der Waals surface area contributed by atoms with Crippen molar-refractivity contribution in [2.45, 2.75) is 32.1 Å². The van der Waals surface area contributed by atoms with Crippen molar-refractivity contribution in [1.82, 2.24) is 24.8 Å². The van der Waals surface area contributed by atoms with Crippen molar-refractivity contribution in [2.24, 2.45) is 13.0 Å². The number of piperidine rings is 1. The quantitative estimate of drug-likeness (QED) is 0.866. The molecule has 114 valence electrons. The molecular weight excluding hydrogens is 266 g/mol. The van der Waals surface area contributed by atoms with Gasteiger partial charge in [0.25, 0.3) is 0 Å². The van der Waals surface area contributed by atoms with Crippen molar-refractivity contribution in [3.63, 3.8) is 0 Å². The molecule has 1 aliphatic rings. The Balaban J connectivity index is 1.84. The van der Waals surface area contributed by atoms with Gasteiger partial charge in [-0.1, -0.05) is 19.0 Å². The summed E-state index contributed by atoms with van der Waals surface area (Å²) >= 11 is 0. The molecule has 3 rings (SSSR count). The standard InChI is InChI=1S/C15H23N5O/c1-15(2,11-6-5-8-19(3)10-11)14-16-13(18-21-14)12-7-9-20(4)17-12/h7,9,11H,5-6,8,10H2,1-4H3. The van der Waals surface area contributed by atoms with Crippen LogP contribution in [0.15, 0.2) is 16.8 Å². The Morgan fingerprint density at radius 2 is 2.14 bits per heavy atom. The van der Waals surface area contributed by atoms with Crippen molar-refractivity contribution < 1.29 is 4.52 Å². The predicted molar refractivity (Wildman–Crippen MR) is 79.7 cm³/mol. The molecule has 0 saturated carbocycles. The van der Waals surface area contributed by atoms with Crippen LogP contribution in [0.1, 0.15) is 32.6 Å². The maximum atomic E-state index is 5.55. The molecule has 0 amide bonds. The van der Waals surface area contributed by atoms with E-state index in [1.165, 1.54) is 19.4 Å². The van der Waals surface area contributed by atoms with Crippen LogP contribution < -0.4 is 0 Å². The molecule has 0 aromatic carbocycles. The van der Waals surface area contributed by atoms with Gasteiger partial charge in [0.15, 0.2) is 0 Å². The molecule has 1 unspecified atom stereocenters. The van der Waals surface area contributed by atoms with Crippen LogP contribution in [0.4, 0.5) is 0 Å². The van der Waals surface area contributed by atoms with E-state index in [0.717, 1.165) is 12.2 Å². The first-order valence-electron chi connectivity index (χ1n) is 7.49. The van der Waals surface area contributed by atoms with Crippen molar-refractivity contribution in [3.05, 3.63) is 18.2 Å². The van der Waals surface area contributed by atoms with Gasteiger partial charge in [0.1, 0.15) is 5.69 Å². The van der Waals surface area contributed by atoms with E-state index in [1.54, 1.807) is 4.68 Å². The molecule has 0 N–H and O–H groups in total. The summed E-state index contributed by atoms with van der Waals surface area (Å²) in [7, 11) is 4.06. The normalized spacial score (nSPS) is 20.9. The summed E-state index contributed by atoms with van der Waals surface area (Å²) in [6.45, 7) is 6.66. The summed E-state index contributed by atoms with van der Waals surface area (Å²) < 4.78 is 7.30. The van der Waals surface area contributed by atoms with Crippen LogP contribution in [0.3, 0.4) is 0 Å². The van der Waals surface area contributed by atoms with E-state index in [-0.39, 0.29) is 5.41 Å². The van der Waals surface area contributed by atoms with Crippen molar-refractivity contribution in [2.75, 3.05) is 20.1 Å². The molecule has 1 fully saturated rings. The molecule has 1 aliphatic heterocycles. The van der Waals surface area contributed by atoms with E-state index in [4.69, 9.17) is 4.52 Å². The molecule has 2 aromatic rings. The summed E-state index contributed by atoms with van der Waals surface area (Å²) in [5, 5.41) is 8.43. The maximum Gasteiger partial charge on any atom is 0.232 e. The van der Waals surface area contributed by atoms with Gasteiger partial charge in [-0.3, -0.25) is 4.68 Å². The lowest BCUT2D eigenvalue weighted by molar-refractivity contribution is 0.129. The number of nitrogens with zero attached hydrogens (tertiary/aromatic N) is 5. The molecule has 6 nitrogen and oxygen atoms in total. The van der Waals surface area contributed by atoms with Crippen molar-refractivity contribution in [3.8, 4) is 11.5 Å². The lowest BCUT2D eigenvalue weighted by atomic mass is 9.74. The summed E-state index contributed by atoms with van der Waals surface area (Å²) in [6, 6.07) is 1.90. The Kier molecular flexibility index (Phi) is 3.57. The molecule has 1 saturated heterocycles. The van der Waals surface area contributed by atoms with E-state index >= 15 is 0 Å². The van der Waals surface area contributed by atoms with Crippen LogP contribution in [-0.2, 0) is 12.5 Å². The van der Waals surface area contributed by atoms with E-state index in [9.17, 15) is 0 Å². The van der Waals surface area contributed by atoms with Gasteiger partial charge in [-0.15, -0.1) is 0 Å². The molecule has 0 radical (unpaired) electrons. The first-order valence-corrected chi connectivity index (χ1v) is 7.49. The van der Waals surface area contributed by atoms with E-state index in [0.29, 0.717) is 17.6 Å². The Labute approximate surface area is 125 Å². The third kappa shape index (κ3) is 2.72. The first-order chi connectivity index (χ1) is 9.96. The highest BCUT2D eigenvalue weighted by atomic mass is 16.5. The average Bonchev–Trinajstić information content (AvgIpc) is 3.07. The van der Waals surface area contributed by atoms with Gasteiger partial charge in [-0.25, -0.2) is 0 Å². The van der Waals surface area contributed by atoms with Crippen LogP contribution >= 0.6 is 0 Å². The van der Waals surface area contributed by atoms with Crippen LogP contribution in [-0.4, -0.2) is 45.0 Å². The second kappa shape index (κ2) is 5.26. The maximum absolute atomic E-state index is 5.55. The van der Waals surface area contributed by atoms with Crippen LogP contribution in [0.25, 0.3) is 11.5 Å². The number of aromatic nitrogens is 4. The van der Waals surface area contributed by atoms with Crippen LogP contribution in [0, 0.1) is 5.92 Å². The smallest absolute Gasteiger partial charge is 0.232 e. The van der Waals surface area contributed by atoms with Crippen LogP contribution in [0.2, 0.25) is 0 Å². The molecule has 0 spiro atoms. The molecule has 21 heavy (non-hydrogen) atoms. The lowest BCUT2D eigenvalue weighted by Gasteiger charge is -2.38. The third-order valence-corrected chi connectivity index (χ3v) is 4.57. The van der Waals surface area contributed by atoms with Gasteiger partial charge in [0, 0.05) is 25.2 Å². The minimum absolute atomic E-state index is 0.116. The first kappa shape index (κ1) is 14.3. The minimum atomic E-state index is -0.116. The highest BCUT2D eigenvalue weighted by Crippen LogP contribution is 2.36. The number of hydrogen-bond donors (Lipinski definition) is 0. The highest BCUT2D eigenvalue weighted by molar-refractivity contribution is 5.46. The Morgan fingerprint density at radius 1 is 1.33 bits per heavy atom. The monoisotopic (exact) mass is 289 g/mol. The Hall–Kier alpha value is -1.69. The predicted octanol–water partition coefficient (Wildman–Crippen LogP) is 2.09. The third-order valence-electron chi connectivity index (χ3n) is 4.57. The Morgan fingerprint density at radius 3 is 2.81 bits per heavy atom. The zero-order chi connectivity index (χ0) is 15.0. The Bertz CT molecular complexity index is 615. The van der Waals surface area contributed by atoms with Gasteiger partial charge < -0.3 is 9.42 Å². The van der Waals surface area contributed by atoms with Crippen molar-refractivity contribution >= 4 is 0 Å². The second-order valence-electron chi connectivity index (χ2n) is 6.62. The number of aryl methyl sites for hydroxylation is 1. The summed E-state index contributed by atoms with van der Waals surface area (Å²) in [5.74, 6) is 1.82. The number of hydrogen-bond acceptors (Lipinski definition) is 5. The molecular formula is C15H23N5O. The molecule has 6 heteroatoms. The molecule has 2 aromatic heterocycles. The summed E-state index contributed by atoms with van der Waals surface area (Å²) in [5.41, 5.74) is 0.637. The van der Waals surface area contributed by atoms with Gasteiger partial charge in [0.05, 0.1) is 0 Å². The lowest BCUT2D eigenvalue weighted by Crippen LogP contribution is -2.41.